The zero-order chi connectivity index (χ0) is 9.14. The van der Waals surface area contributed by atoms with E-state index in [-0.39, 0.29) is 11.7 Å². The van der Waals surface area contributed by atoms with Crippen molar-refractivity contribution in [1.82, 2.24) is 10.6 Å². The highest BCUT2D eigenvalue weighted by Crippen LogP contribution is 1.96. The number of hydrogen-bond acceptors (Lipinski definition) is 3. The molecule has 6 heteroatoms. The minimum absolute atomic E-state index is 0.202. The van der Waals surface area contributed by atoms with Crippen molar-refractivity contribution in [3.05, 3.63) is 0 Å². The van der Waals surface area contributed by atoms with Gasteiger partial charge in [0.1, 0.15) is 6.04 Å². The van der Waals surface area contributed by atoms with Gasteiger partial charge in [0.2, 0.25) is 0 Å². The molecule has 0 bridgehead atoms. The molecule has 0 aromatic heterocycles. The molecule has 2 N–H and O–H groups in total. The molecule has 0 spiro atoms. The van der Waals surface area contributed by atoms with Crippen molar-refractivity contribution >= 4 is 22.7 Å². The monoisotopic (exact) mass is 190 g/mol. The molecule has 1 fully saturated rings. The first kappa shape index (κ1) is 9.18. The van der Waals surface area contributed by atoms with Gasteiger partial charge in [0.15, 0.2) is 0 Å². The number of carbonyl (C=O) groups is 2. The normalized spacial score (nSPS) is 24.9. The fraction of sp³-hybridized carbons (Fsp3) is 0.667. The van der Waals surface area contributed by atoms with Gasteiger partial charge < -0.3 is 5.32 Å². The van der Waals surface area contributed by atoms with Crippen LogP contribution in [0.3, 0.4) is 0 Å². The van der Waals surface area contributed by atoms with Crippen molar-refractivity contribution in [3.63, 3.8) is 0 Å². The minimum Gasteiger partial charge on any atom is -0.325 e. The Morgan fingerprint density at radius 1 is 1.50 bits per heavy atom. The van der Waals surface area contributed by atoms with E-state index in [1.807, 2.05) is 0 Å². The second-order valence-electron chi connectivity index (χ2n) is 2.41. The Kier molecular flexibility index (Phi) is 2.80. The molecule has 1 heterocycles. The van der Waals surface area contributed by atoms with Gasteiger partial charge in [-0.15, -0.1) is 0 Å². The Balaban J connectivity index is 2.48. The molecule has 0 aliphatic carbocycles. The molecule has 2 unspecified atom stereocenters. The van der Waals surface area contributed by atoms with Crippen LogP contribution in [-0.4, -0.2) is 33.7 Å². The SMILES string of the molecule is CCS(=O)CC1NC(=O)NC1=O. The summed E-state index contributed by atoms with van der Waals surface area (Å²) < 4.78 is 11.0. The highest BCUT2D eigenvalue weighted by molar-refractivity contribution is 7.85. The van der Waals surface area contributed by atoms with Crippen LogP contribution in [0.4, 0.5) is 4.79 Å². The van der Waals surface area contributed by atoms with E-state index in [9.17, 15) is 13.8 Å². The molecule has 1 rings (SSSR count). The van der Waals surface area contributed by atoms with Crippen molar-refractivity contribution in [2.45, 2.75) is 13.0 Å². The Hall–Kier alpha value is -0.910. The number of rotatable bonds is 3. The number of urea groups is 1. The summed E-state index contributed by atoms with van der Waals surface area (Å²) in [6, 6.07) is -1.11. The molecule has 0 radical (unpaired) electrons. The van der Waals surface area contributed by atoms with Crippen molar-refractivity contribution in [2.24, 2.45) is 0 Å². The van der Waals surface area contributed by atoms with Crippen molar-refractivity contribution in [1.29, 1.82) is 0 Å². The Morgan fingerprint density at radius 3 is 2.58 bits per heavy atom. The first-order valence-corrected chi connectivity index (χ1v) is 5.08. The zero-order valence-electron chi connectivity index (χ0n) is 6.62. The van der Waals surface area contributed by atoms with Crippen LogP contribution >= 0.6 is 0 Å². The van der Waals surface area contributed by atoms with Gasteiger partial charge in [-0.05, 0) is 0 Å². The lowest BCUT2D eigenvalue weighted by atomic mass is 10.3. The first-order valence-electron chi connectivity index (χ1n) is 3.59. The van der Waals surface area contributed by atoms with Crippen LogP contribution in [0, 0.1) is 0 Å². The fourth-order valence-corrected chi connectivity index (χ4v) is 1.72. The Bertz CT molecular complexity index is 241. The lowest BCUT2D eigenvalue weighted by Crippen LogP contribution is -2.34. The van der Waals surface area contributed by atoms with Crippen molar-refractivity contribution < 1.29 is 13.8 Å². The average molecular weight is 190 g/mol. The van der Waals surface area contributed by atoms with E-state index in [4.69, 9.17) is 0 Å². The summed E-state index contributed by atoms with van der Waals surface area (Å²) in [5.41, 5.74) is 0. The summed E-state index contributed by atoms with van der Waals surface area (Å²) in [5.74, 6) is 0.315. The fourth-order valence-electron chi connectivity index (χ4n) is 0.880. The molecule has 1 saturated heterocycles. The second-order valence-corrected chi connectivity index (χ2v) is 4.20. The third-order valence-corrected chi connectivity index (χ3v) is 2.88. The molecule has 0 aromatic carbocycles. The van der Waals surface area contributed by atoms with Crippen molar-refractivity contribution in [3.8, 4) is 0 Å². The maximum atomic E-state index is 11.0. The smallest absolute Gasteiger partial charge is 0.322 e. The number of imide groups is 1. The lowest BCUT2D eigenvalue weighted by Gasteiger charge is -2.04. The number of amides is 3. The van der Waals surface area contributed by atoms with Crippen LogP contribution in [-0.2, 0) is 15.6 Å². The lowest BCUT2D eigenvalue weighted by molar-refractivity contribution is -0.119. The highest BCUT2D eigenvalue weighted by Gasteiger charge is 2.30. The third kappa shape index (κ3) is 2.04. The van der Waals surface area contributed by atoms with Gasteiger partial charge in [-0.25, -0.2) is 4.79 Å². The first-order chi connectivity index (χ1) is 5.63. The van der Waals surface area contributed by atoms with Gasteiger partial charge >= 0.3 is 6.03 Å². The van der Waals surface area contributed by atoms with Crippen molar-refractivity contribution in [2.75, 3.05) is 11.5 Å². The molecule has 3 amide bonds. The zero-order valence-corrected chi connectivity index (χ0v) is 7.44. The predicted octanol–water partition coefficient (Wildman–Crippen LogP) is -1.04. The molecule has 0 saturated carbocycles. The maximum Gasteiger partial charge on any atom is 0.322 e. The van der Waals surface area contributed by atoms with Crippen LogP contribution < -0.4 is 10.6 Å². The van der Waals surface area contributed by atoms with E-state index < -0.39 is 22.9 Å². The summed E-state index contributed by atoms with van der Waals surface area (Å²) in [6.07, 6.45) is 0. The van der Waals surface area contributed by atoms with Gasteiger partial charge in [-0.3, -0.25) is 14.3 Å². The van der Waals surface area contributed by atoms with E-state index in [0.717, 1.165) is 0 Å². The third-order valence-electron chi connectivity index (χ3n) is 1.53. The molecule has 2 atom stereocenters. The van der Waals surface area contributed by atoms with E-state index in [0.29, 0.717) is 5.75 Å². The summed E-state index contributed by atoms with van der Waals surface area (Å²) >= 11 is 0. The summed E-state index contributed by atoms with van der Waals surface area (Å²) in [7, 11) is -1.03. The van der Waals surface area contributed by atoms with Crippen LogP contribution in [0.1, 0.15) is 6.92 Å². The Morgan fingerprint density at radius 2 is 2.17 bits per heavy atom. The maximum absolute atomic E-state index is 11.0. The van der Waals surface area contributed by atoms with Crippen LogP contribution in [0.5, 0.6) is 0 Å². The Labute approximate surface area is 72.4 Å². The van der Waals surface area contributed by atoms with Gasteiger partial charge in [0.25, 0.3) is 5.91 Å². The summed E-state index contributed by atoms with van der Waals surface area (Å²) in [4.78, 5) is 21.5. The molecule has 1 aliphatic heterocycles. The van der Waals surface area contributed by atoms with E-state index in [1.165, 1.54) is 0 Å². The molecule has 68 valence electrons. The molecule has 0 aromatic rings. The predicted molar refractivity (Wildman–Crippen MR) is 44.0 cm³/mol. The number of carbonyl (C=O) groups excluding carboxylic acids is 2. The van der Waals surface area contributed by atoms with Crippen LogP contribution in [0.25, 0.3) is 0 Å². The van der Waals surface area contributed by atoms with Crippen LogP contribution in [0.2, 0.25) is 0 Å². The largest absolute Gasteiger partial charge is 0.325 e. The second kappa shape index (κ2) is 3.66. The minimum atomic E-state index is -1.03. The van der Waals surface area contributed by atoms with Gasteiger partial charge in [0, 0.05) is 16.6 Å². The van der Waals surface area contributed by atoms with E-state index in [1.54, 1.807) is 6.92 Å². The highest BCUT2D eigenvalue weighted by atomic mass is 32.2. The number of nitrogens with one attached hydrogen (secondary N) is 2. The summed E-state index contributed by atoms with van der Waals surface area (Å²) in [6.45, 7) is 1.77. The molecular weight excluding hydrogens is 180 g/mol. The number of hydrogen-bond donors (Lipinski definition) is 2. The van der Waals surface area contributed by atoms with Gasteiger partial charge in [0.05, 0.1) is 5.75 Å². The molecule has 5 nitrogen and oxygen atoms in total. The van der Waals surface area contributed by atoms with E-state index >= 15 is 0 Å². The summed E-state index contributed by atoms with van der Waals surface area (Å²) in [5, 5.41) is 4.45. The quantitative estimate of drug-likeness (QED) is 0.558. The molecule has 1 aliphatic rings. The van der Waals surface area contributed by atoms with Gasteiger partial charge in [-0.2, -0.15) is 0 Å². The van der Waals surface area contributed by atoms with E-state index in [2.05, 4.69) is 10.6 Å². The standard InChI is InChI=1S/C6H10N2O3S/c1-2-12(11)3-4-5(9)8-6(10)7-4/h4H,2-3H2,1H3,(H2,7,8,9,10). The molecular formula is C6H10N2O3S. The van der Waals surface area contributed by atoms with Crippen LogP contribution in [0.15, 0.2) is 0 Å². The topological polar surface area (TPSA) is 75.3 Å². The molecule has 12 heavy (non-hydrogen) atoms. The average Bonchev–Trinajstić information content (AvgIpc) is 2.30. The van der Waals surface area contributed by atoms with Gasteiger partial charge in [-0.1, -0.05) is 6.92 Å².